The first-order valence-corrected chi connectivity index (χ1v) is 6.22. The Balaban J connectivity index is 2.17. The van der Waals surface area contributed by atoms with Crippen LogP contribution in [0.5, 0.6) is 11.5 Å². The number of benzene rings is 2. The molecule has 18 heavy (non-hydrogen) atoms. The molecule has 2 aromatic rings. The molecule has 0 aliphatic carbocycles. The molecule has 3 heteroatoms. The Bertz CT molecular complexity index is 523. The van der Waals surface area contributed by atoms with Gasteiger partial charge in [0.2, 0.25) is 0 Å². The van der Waals surface area contributed by atoms with Crippen molar-refractivity contribution < 1.29 is 9.13 Å². The molecule has 2 rings (SSSR count). The zero-order valence-electron chi connectivity index (χ0n) is 10.1. The van der Waals surface area contributed by atoms with Gasteiger partial charge in [-0.15, -0.1) is 0 Å². The van der Waals surface area contributed by atoms with E-state index in [1.165, 1.54) is 5.56 Å². The highest BCUT2D eigenvalue weighted by Crippen LogP contribution is 2.30. The molecule has 0 heterocycles. The first-order valence-electron chi connectivity index (χ1n) is 5.84. The second-order valence-corrected chi connectivity index (χ2v) is 4.41. The van der Waals surface area contributed by atoms with Gasteiger partial charge in [-0.25, -0.2) is 4.39 Å². The molecule has 0 radical (unpaired) electrons. The van der Waals surface area contributed by atoms with E-state index in [2.05, 4.69) is 6.92 Å². The van der Waals surface area contributed by atoms with Crippen LogP contribution in [0.1, 0.15) is 18.1 Å². The van der Waals surface area contributed by atoms with Crippen LogP contribution in [0, 0.1) is 0 Å². The average Bonchev–Trinajstić information content (AvgIpc) is 2.42. The van der Waals surface area contributed by atoms with Crippen LogP contribution in [0.2, 0.25) is 5.02 Å². The minimum absolute atomic E-state index is 0.421. The summed E-state index contributed by atoms with van der Waals surface area (Å²) in [4.78, 5) is 0. The number of alkyl halides is 1. The van der Waals surface area contributed by atoms with Crippen molar-refractivity contribution in [3.05, 3.63) is 58.6 Å². The minimum Gasteiger partial charge on any atom is -0.456 e. The lowest BCUT2D eigenvalue weighted by atomic mass is 10.2. The van der Waals surface area contributed by atoms with Gasteiger partial charge in [-0.3, -0.25) is 0 Å². The van der Waals surface area contributed by atoms with E-state index in [1.54, 1.807) is 18.2 Å². The van der Waals surface area contributed by atoms with Crippen LogP contribution in [-0.2, 0) is 13.1 Å². The molecule has 0 bridgehead atoms. The van der Waals surface area contributed by atoms with Crippen molar-refractivity contribution in [1.82, 2.24) is 0 Å². The molecule has 0 aliphatic heterocycles. The summed E-state index contributed by atoms with van der Waals surface area (Å²) in [5.41, 5.74) is 1.80. The SMILES string of the molecule is CCc1ccc(Oc2ccc(CF)cc2Cl)cc1. The van der Waals surface area contributed by atoms with Gasteiger partial charge in [-0.05, 0) is 41.8 Å². The number of hydrogen-bond acceptors (Lipinski definition) is 1. The van der Waals surface area contributed by atoms with Crippen molar-refractivity contribution in [2.45, 2.75) is 20.0 Å². The number of ether oxygens (including phenoxy) is 1. The fraction of sp³-hybridized carbons (Fsp3) is 0.200. The van der Waals surface area contributed by atoms with Crippen molar-refractivity contribution in [3.8, 4) is 11.5 Å². The molecule has 0 saturated carbocycles. The molecule has 0 aliphatic rings. The third-order valence-corrected chi connectivity index (χ3v) is 3.01. The lowest BCUT2D eigenvalue weighted by Crippen LogP contribution is -1.88. The molecule has 0 saturated heterocycles. The lowest BCUT2D eigenvalue weighted by Gasteiger charge is -2.08. The summed E-state index contributed by atoms with van der Waals surface area (Å²) >= 11 is 6.02. The summed E-state index contributed by atoms with van der Waals surface area (Å²) in [5, 5.41) is 0.421. The maximum atomic E-state index is 12.4. The molecule has 0 amide bonds. The van der Waals surface area contributed by atoms with E-state index < -0.39 is 6.67 Å². The van der Waals surface area contributed by atoms with Crippen LogP contribution in [0.25, 0.3) is 0 Å². The third-order valence-electron chi connectivity index (χ3n) is 2.71. The molecule has 0 spiro atoms. The molecule has 0 aromatic heterocycles. The number of hydrogen-bond donors (Lipinski definition) is 0. The van der Waals surface area contributed by atoms with Crippen molar-refractivity contribution in [1.29, 1.82) is 0 Å². The van der Waals surface area contributed by atoms with Gasteiger partial charge in [-0.1, -0.05) is 36.7 Å². The zero-order chi connectivity index (χ0) is 13.0. The average molecular weight is 265 g/mol. The Morgan fingerprint density at radius 1 is 1.06 bits per heavy atom. The molecule has 0 atom stereocenters. The van der Waals surface area contributed by atoms with E-state index in [4.69, 9.17) is 16.3 Å². The second kappa shape index (κ2) is 5.87. The number of aryl methyl sites for hydroxylation is 1. The first-order chi connectivity index (χ1) is 8.72. The highest BCUT2D eigenvalue weighted by atomic mass is 35.5. The summed E-state index contributed by atoms with van der Waals surface area (Å²) in [6, 6.07) is 12.8. The summed E-state index contributed by atoms with van der Waals surface area (Å²) in [6.45, 7) is 1.58. The Morgan fingerprint density at radius 2 is 1.72 bits per heavy atom. The largest absolute Gasteiger partial charge is 0.456 e. The molecular weight excluding hydrogens is 251 g/mol. The molecule has 1 nitrogen and oxygen atoms in total. The maximum absolute atomic E-state index is 12.4. The highest BCUT2D eigenvalue weighted by Gasteiger charge is 2.04. The predicted octanol–water partition coefficient (Wildman–Crippen LogP) is 5.16. The standard InChI is InChI=1S/C15H14ClFO/c1-2-11-3-6-13(7-4-11)18-15-8-5-12(10-17)9-14(15)16/h3-9H,2,10H2,1H3. The van der Waals surface area contributed by atoms with Gasteiger partial charge in [0.15, 0.2) is 0 Å². The predicted molar refractivity (Wildman–Crippen MR) is 72.2 cm³/mol. The molecular formula is C15H14ClFO. The van der Waals surface area contributed by atoms with Crippen LogP contribution in [0.15, 0.2) is 42.5 Å². The maximum Gasteiger partial charge on any atom is 0.146 e. The minimum atomic E-state index is -0.523. The van der Waals surface area contributed by atoms with E-state index in [1.807, 2.05) is 24.3 Å². The number of halogens is 2. The number of rotatable bonds is 4. The fourth-order valence-electron chi connectivity index (χ4n) is 1.63. The van der Waals surface area contributed by atoms with Gasteiger partial charge in [0, 0.05) is 0 Å². The van der Waals surface area contributed by atoms with E-state index in [9.17, 15) is 4.39 Å². The van der Waals surface area contributed by atoms with E-state index in [0.717, 1.165) is 12.2 Å². The summed E-state index contributed by atoms with van der Waals surface area (Å²) < 4.78 is 18.1. The van der Waals surface area contributed by atoms with Gasteiger partial charge in [0.25, 0.3) is 0 Å². The van der Waals surface area contributed by atoms with Gasteiger partial charge in [0.05, 0.1) is 5.02 Å². The van der Waals surface area contributed by atoms with Gasteiger partial charge in [0.1, 0.15) is 18.2 Å². The Labute approximate surface area is 111 Å². The van der Waals surface area contributed by atoms with Crippen LogP contribution < -0.4 is 4.74 Å². The Kier molecular flexibility index (Phi) is 4.21. The van der Waals surface area contributed by atoms with Crippen LogP contribution in [0.3, 0.4) is 0 Å². The Morgan fingerprint density at radius 3 is 2.28 bits per heavy atom. The smallest absolute Gasteiger partial charge is 0.146 e. The molecule has 0 fully saturated rings. The van der Waals surface area contributed by atoms with Crippen LogP contribution in [0.4, 0.5) is 4.39 Å². The first kappa shape index (κ1) is 12.9. The van der Waals surface area contributed by atoms with Gasteiger partial charge >= 0.3 is 0 Å². The third kappa shape index (κ3) is 3.02. The molecule has 2 aromatic carbocycles. The zero-order valence-corrected chi connectivity index (χ0v) is 10.9. The van der Waals surface area contributed by atoms with E-state index in [0.29, 0.717) is 16.3 Å². The quantitative estimate of drug-likeness (QED) is 0.741. The summed E-state index contributed by atoms with van der Waals surface area (Å²) in [7, 11) is 0. The van der Waals surface area contributed by atoms with Gasteiger partial charge in [-0.2, -0.15) is 0 Å². The fourth-order valence-corrected chi connectivity index (χ4v) is 1.87. The lowest BCUT2D eigenvalue weighted by molar-refractivity contribution is 0.475. The van der Waals surface area contributed by atoms with Crippen molar-refractivity contribution in [2.24, 2.45) is 0 Å². The van der Waals surface area contributed by atoms with Crippen molar-refractivity contribution in [2.75, 3.05) is 0 Å². The topological polar surface area (TPSA) is 9.23 Å². The van der Waals surface area contributed by atoms with E-state index >= 15 is 0 Å². The van der Waals surface area contributed by atoms with Crippen LogP contribution in [-0.4, -0.2) is 0 Å². The van der Waals surface area contributed by atoms with Crippen molar-refractivity contribution >= 4 is 11.6 Å². The molecule has 94 valence electrons. The van der Waals surface area contributed by atoms with Gasteiger partial charge < -0.3 is 4.74 Å². The summed E-state index contributed by atoms with van der Waals surface area (Å²) in [5.74, 6) is 1.26. The van der Waals surface area contributed by atoms with Crippen molar-refractivity contribution in [3.63, 3.8) is 0 Å². The summed E-state index contributed by atoms with van der Waals surface area (Å²) in [6.07, 6.45) is 0.992. The second-order valence-electron chi connectivity index (χ2n) is 4.00. The molecule has 0 unspecified atom stereocenters. The monoisotopic (exact) mass is 264 g/mol. The molecule has 0 N–H and O–H groups in total. The van der Waals surface area contributed by atoms with E-state index in [-0.39, 0.29) is 0 Å². The normalized spacial score (nSPS) is 10.4. The highest BCUT2D eigenvalue weighted by molar-refractivity contribution is 6.32. The Hall–Kier alpha value is -1.54. The van der Waals surface area contributed by atoms with Crippen LogP contribution >= 0.6 is 11.6 Å².